The third-order valence-electron chi connectivity index (χ3n) is 2.68. The van der Waals surface area contributed by atoms with Gasteiger partial charge in [0.15, 0.2) is 0 Å². The van der Waals surface area contributed by atoms with Crippen molar-refractivity contribution in [3.63, 3.8) is 0 Å². The van der Waals surface area contributed by atoms with Crippen molar-refractivity contribution in [2.45, 2.75) is 38.8 Å². The summed E-state index contributed by atoms with van der Waals surface area (Å²) in [7, 11) is -2.03. The Morgan fingerprint density at radius 2 is 1.93 bits per heavy atom. The van der Waals surface area contributed by atoms with Gasteiger partial charge in [-0.3, -0.25) is 4.21 Å². The van der Waals surface area contributed by atoms with Crippen LogP contribution in [0, 0.1) is 0 Å². The van der Waals surface area contributed by atoms with Gasteiger partial charge in [0.2, 0.25) is 0 Å². The van der Waals surface area contributed by atoms with E-state index >= 15 is 0 Å². The molecule has 0 radical (unpaired) electrons. The highest BCUT2D eigenvalue weighted by molar-refractivity contribution is 7.97. The standard InChI is InChI=1S/C10H22N2OS/c1-9(2)12-7-5-10(6-8-12)11-14(3,4)13/h9-10H,3,5-8H2,1-2,4H3,(H,11,13). The molecular formula is C10H22N2OS. The molecule has 0 aliphatic carbocycles. The van der Waals surface area contributed by atoms with Crippen molar-refractivity contribution in [1.82, 2.24) is 9.62 Å². The minimum atomic E-state index is -2.03. The van der Waals surface area contributed by atoms with Crippen molar-refractivity contribution < 1.29 is 4.21 Å². The van der Waals surface area contributed by atoms with Gasteiger partial charge in [0.1, 0.15) is 0 Å². The molecule has 1 aliphatic heterocycles. The lowest BCUT2D eigenvalue weighted by molar-refractivity contribution is 0.169. The maximum absolute atomic E-state index is 11.4. The lowest BCUT2D eigenvalue weighted by Gasteiger charge is -2.35. The second kappa shape index (κ2) is 4.64. The van der Waals surface area contributed by atoms with Crippen LogP contribution in [-0.4, -0.2) is 46.4 Å². The van der Waals surface area contributed by atoms with Gasteiger partial charge in [0, 0.05) is 28.0 Å². The first-order chi connectivity index (χ1) is 6.38. The molecule has 1 aliphatic rings. The Labute approximate surface area is 88.0 Å². The van der Waals surface area contributed by atoms with Crippen molar-refractivity contribution in [2.75, 3.05) is 19.3 Å². The van der Waals surface area contributed by atoms with Crippen LogP contribution in [0.1, 0.15) is 26.7 Å². The number of piperidine rings is 1. The molecule has 1 fully saturated rings. The summed E-state index contributed by atoms with van der Waals surface area (Å²) in [5.41, 5.74) is 0. The minimum absolute atomic E-state index is 0.389. The van der Waals surface area contributed by atoms with Crippen LogP contribution in [0.4, 0.5) is 0 Å². The van der Waals surface area contributed by atoms with Crippen molar-refractivity contribution in [3.8, 4) is 0 Å². The van der Waals surface area contributed by atoms with Crippen LogP contribution in [-0.2, 0) is 9.71 Å². The van der Waals surface area contributed by atoms with Crippen LogP contribution in [0.15, 0.2) is 0 Å². The Bertz CT molecular complexity index is 264. The first kappa shape index (κ1) is 12.0. The average molecular weight is 218 g/mol. The molecule has 0 amide bonds. The van der Waals surface area contributed by atoms with Gasteiger partial charge >= 0.3 is 0 Å². The number of rotatable bonds is 3. The third kappa shape index (κ3) is 3.98. The molecule has 1 N–H and O–H groups in total. The fourth-order valence-corrected chi connectivity index (χ4v) is 2.83. The Balaban J connectivity index is 2.36. The first-order valence-corrected chi connectivity index (χ1v) is 7.35. The highest BCUT2D eigenvalue weighted by Crippen LogP contribution is 2.13. The van der Waals surface area contributed by atoms with E-state index in [-0.39, 0.29) is 0 Å². The summed E-state index contributed by atoms with van der Waals surface area (Å²) in [5, 5.41) is 0. The second-order valence-electron chi connectivity index (χ2n) is 4.53. The lowest BCUT2D eigenvalue weighted by Crippen LogP contribution is -2.46. The molecule has 84 valence electrons. The summed E-state index contributed by atoms with van der Waals surface area (Å²) in [4.78, 5) is 2.46. The van der Waals surface area contributed by atoms with E-state index in [4.69, 9.17) is 0 Å². The predicted molar refractivity (Wildman–Crippen MR) is 64.1 cm³/mol. The molecule has 3 nitrogen and oxygen atoms in total. The van der Waals surface area contributed by atoms with Gasteiger partial charge in [-0.2, -0.15) is 0 Å². The summed E-state index contributed by atoms with van der Waals surface area (Å²) >= 11 is 0. The zero-order chi connectivity index (χ0) is 10.8. The van der Waals surface area contributed by atoms with E-state index in [0.29, 0.717) is 12.1 Å². The smallest absolute Gasteiger partial charge is 0.0222 e. The SMILES string of the molecule is C=S(C)(=O)NC1CCN(C(C)C)CC1. The van der Waals surface area contributed by atoms with Crippen LogP contribution >= 0.6 is 0 Å². The Kier molecular flexibility index (Phi) is 3.98. The molecule has 0 bridgehead atoms. The summed E-state index contributed by atoms with van der Waals surface area (Å²) in [5.74, 6) is 3.62. The molecule has 0 spiro atoms. The molecule has 0 aromatic carbocycles. The Hall–Kier alpha value is -0.0600. The molecular weight excluding hydrogens is 196 g/mol. The first-order valence-electron chi connectivity index (χ1n) is 5.22. The van der Waals surface area contributed by atoms with E-state index < -0.39 is 9.71 Å². The van der Waals surface area contributed by atoms with Gasteiger partial charge < -0.3 is 4.90 Å². The lowest BCUT2D eigenvalue weighted by atomic mass is 10.1. The van der Waals surface area contributed by atoms with Crippen LogP contribution in [0.5, 0.6) is 0 Å². The van der Waals surface area contributed by atoms with Gasteiger partial charge in [0.25, 0.3) is 0 Å². The minimum Gasteiger partial charge on any atom is -0.301 e. The average Bonchev–Trinajstić information content (AvgIpc) is 2.02. The van der Waals surface area contributed by atoms with Gasteiger partial charge in [-0.1, -0.05) is 0 Å². The molecule has 0 aromatic heterocycles. The number of nitrogens with one attached hydrogen (secondary N) is 1. The normalized spacial score (nSPS) is 25.1. The van der Waals surface area contributed by atoms with E-state index in [0.717, 1.165) is 25.9 Å². The predicted octanol–water partition coefficient (Wildman–Crippen LogP) is 0.710. The number of nitrogens with zero attached hydrogens (tertiary/aromatic N) is 1. The number of likely N-dealkylation sites (tertiary alicyclic amines) is 1. The molecule has 14 heavy (non-hydrogen) atoms. The molecule has 0 aromatic rings. The highest BCUT2D eigenvalue weighted by atomic mass is 32.2. The summed E-state index contributed by atoms with van der Waals surface area (Å²) in [6.07, 6.45) is 3.83. The quantitative estimate of drug-likeness (QED) is 0.708. The maximum atomic E-state index is 11.4. The number of hydrogen-bond donors (Lipinski definition) is 1. The van der Waals surface area contributed by atoms with Crippen LogP contribution in [0.3, 0.4) is 0 Å². The van der Waals surface area contributed by atoms with E-state index in [9.17, 15) is 4.21 Å². The van der Waals surface area contributed by atoms with Crippen LogP contribution in [0.2, 0.25) is 0 Å². The topological polar surface area (TPSA) is 32.3 Å². The Morgan fingerprint density at radius 3 is 2.29 bits per heavy atom. The van der Waals surface area contributed by atoms with Crippen LogP contribution < -0.4 is 4.72 Å². The van der Waals surface area contributed by atoms with Gasteiger partial charge in [-0.15, -0.1) is 0 Å². The van der Waals surface area contributed by atoms with E-state index in [2.05, 4.69) is 29.3 Å². The van der Waals surface area contributed by atoms with Crippen LogP contribution in [0.25, 0.3) is 0 Å². The summed E-state index contributed by atoms with van der Waals surface area (Å²) in [6.45, 7) is 6.64. The summed E-state index contributed by atoms with van der Waals surface area (Å²) in [6, 6.07) is 1.02. The molecule has 1 heterocycles. The molecule has 1 rings (SSSR count). The largest absolute Gasteiger partial charge is 0.301 e. The fraction of sp³-hybridized carbons (Fsp3) is 0.900. The van der Waals surface area contributed by atoms with E-state index in [1.54, 1.807) is 6.26 Å². The monoisotopic (exact) mass is 218 g/mol. The number of hydrogen-bond acceptors (Lipinski definition) is 2. The van der Waals surface area contributed by atoms with Crippen molar-refractivity contribution in [3.05, 3.63) is 0 Å². The van der Waals surface area contributed by atoms with Gasteiger partial charge in [-0.25, -0.2) is 4.72 Å². The maximum Gasteiger partial charge on any atom is 0.0222 e. The Morgan fingerprint density at radius 1 is 1.43 bits per heavy atom. The highest BCUT2D eigenvalue weighted by Gasteiger charge is 2.21. The molecule has 1 saturated heterocycles. The molecule has 1 atom stereocenters. The second-order valence-corrected chi connectivity index (χ2v) is 6.77. The zero-order valence-electron chi connectivity index (χ0n) is 9.45. The van der Waals surface area contributed by atoms with Crippen molar-refractivity contribution in [2.24, 2.45) is 0 Å². The molecule has 4 heteroatoms. The molecule has 1 unspecified atom stereocenters. The van der Waals surface area contributed by atoms with E-state index in [1.165, 1.54) is 0 Å². The van der Waals surface area contributed by atoms with E-state index in [1.807, 2.05) is 0 Å². The molecule has 0 saturated carbocycles. The summed E-state index contributed by atoms with van der Waals surface area (Å²) < 4.78 is 14.5. The zero-order valence-corrected chi connectivity index (χ0v) is 10.3. The van der Waals surface area contributed by atoms with Crippen molar-refractivity contribution >= 4 is 15.6 Å². The van der Waals surface area contributed by atoms with Gasteiger partial charge in [-0.05, 0) is 45.6 Å². The van der Waals surface area contributed by atoms with Crippen molar-refractivity contribution in [1.29, 1.82) is 0 Å². The third-order valence-corrected chi connectivity index (χ3v) is 3.51. The fourth-order valence-electron chi connectivity index (χ4n) is 1.89. The van der Waals surface area contributed by atoms with Gasteiger partial charge in [0.05, 0.1) is 0 Å².